The van der Waals surface area contributed by atoms with Crippen LogP contribution in [-0.4, -0.2) is 0 Å². The third-order valence-corrected chi connectivity index (χ3v) is 9.06. The Morgan fingerprint density at radius 2 is 1.76 bits per heavy atom. The van der Waals surface area contributed by atoms with Crippen LogP contribution < -0.4 is 5.32 Å². The number of benzene rings is 2. The SMILES string of the molecule is C/C=C\C1=C(Cc2ccc(F)cc2)C=C2CCC(C)(C)C2(C)C1.C=C.CCc1cccc(F)c1CNC1=CC=CC1. The van der Waals surface area contributed by atoms with Gasteiger partial charge in [0.15, 0.2) is 0 Å². The highest BCUT2D eigenvalue weighted by molar-refractivity contribution is 5.47. The van der Waals surface area contributed by atoms with E-state index < -0.39 is 0 Å². The zero-order chi connectivity index (χ0) is 30.0. The maximum Gasteiger partial charge on any atom is 0.128 e. The number of fused-ring (bicyclic) bond motifs is 1. The molecule has 1 saturated carbocycles. The molecule has 0 amide bonds. The summed E-state index contributed by atoms with van der Waals surface area (Å²) in [5.74, 6) is -0.276. The topological polar surface area (TPSA) is 12.0 Å². The highest BCUT2D eigenvalue weighted by Gasteiger charge is 2.49. The minimum atomic E-state index is -0.163. The molecule has 41 heavy (non-hydrogen) atoms. The fraction of sp³-hybridized carbons (Fsp3) is 0.368. The lowest BCUT2D eigenvalue weighted by Crippen LogP contribution is -2.33. The van der Waals surface area contributed by atoms with E-state index in [9.17, 15) is 8.78 Å². The van der Waals surface area contributed by atoms with E-state index in [1.807, 2.05) is 30.4 Å². The van der Waals surface area contributed by atoms with Crippen LogP contribution in [0.5, 0.6) is 0 Å². The first kappa shape index (κ1) is 32.1. The number of aryl methyl sites for hydroxylation is 1. The van der Waals surface area contributed by atoms with Crippen molar-refractivity contribution in [1.29, 1.82) is 0 Å². The fourth-order valence-corrected chi connectivity index (χ4v) is 6.08. The van der Waals surface area contributed by atoms with Gasteiger partial charge in [-0.3, -0.25) is 0 Å². The third kappa shape index (κ3) is 7.64. The summed E-state index contributed by atoms with van der Waals surface area (Å²) >= 11 is 0. The molecule has 1 unspecified atom stereocenters. The second-order valence-corrected chi connectivity index (χ2v) is 11.8. The van der Waals surface area contributed by atoms with Crippen molar-refractivity contribution in [2.24, 2.45) is 10.8 Å². The normalized spacial score (nSPS) is 20.5. The van der Waals surface area contributed by atoms with E-state index in [0.717, 1.165) is 42.5 Å². The summed E-state index contributed by atoms with van der Waals surface area (Å²) in [4.78, 5) is 0. The van der Waals surface area contributed by atoms with E-state index in [4.69, 9.17) is 0 Å². The summed E-state index contributed by atoms with van der Waals surface area (Å²) in [7, 11) is 0. The Balaban J connectivity index is 0.000000225. The van der Waals surface area contributed by atoms with Gasteiger partial charge in [0.05, 0.1) is 0 Å². The standard InChI is InChI=1S/C22H27F.C14H16FN.C2H4/c1-5-6-17-15-22(4)19(11-12-21(22,2)3)14-18(17)13-16-7-9-20(23)10-8-16;1-2-11-6-5-9-14(15)13(11)10-16-12-7-3-4-8-12;1-2/h5-10,14H,11-13,15H2,1-4H3;3-7,9,16H,2,8,10H2,1H3;1-2H2/b6-5-;;. The van der Waals surface area contributed by atoms with Crippen LogP contribution in [0.4, 0.5) is 8.78 Å². The average Bonchev–Trinajstić information content (AvgIpc) is 3.57. The Kier molecular flexibility index (Phi) is 11.3. The van der Waals surface area contributed by atoms with E-state index in [1.165, 1.54) is 35.6 Å². The van der Waals surface area contributed by atoms with E-state index >= 15 is 0 Å². The van der Waals surface area contributed by atoms with Crippen molar-refractivity contribution >= 4 is 0 Å². The second kappa shape index (κ2) is 14.4. The maximum atomic E-state index is 13.6. The lowest BCUT2D eigenvalue weighted by Gasteiger charge is -2.42. The molecule has 2 aromatic carbocycles. The summed E-state index contributed by atoms with van der Waals surface area (Å²) in [6.45, 7) is 18.0. The van der Waals surface area contributed by atoms with Gasteiger partial charge in [0.1, 0.15) is 11.6 Å². The first-order chi connectivity index (χ1) is 19.7. The minimum absolute atomic E-state index is 0.113. The average molecular weight is 556 g/mol. The molecule has 0 radical (unpaired) electrons. The zero-order valence-corrected chi connectivity index (χ0v) is 25.6. The fourth-order valence-electron chi connectivity index (χ4n) is 6.08. The van der Waals surface area contributed by atoms with Crippen LogP contribution in [0.1, 0.15) is 77.0 Å². The molecule has 1 atom stereocenters. The molecule has 5 rings (SSSR count). The Morgan fingerprint density at radius 1 is 1.02 bits per heavy atom. The monoisotopic (exact) mass is 555 g/mol. The predicted octanol–water partition coefficient (Wildman–Crippen LogP) is 10.5. The number of hydrogen-bond acceptors (Lipinski definition) is 1. The number of rotatable bonds is 7. The van der Waals surface area contributed by atoms with Gasteiger partial charge < -0.3 is 5.32 Å². The summed E-state index contributed by atoms with van der Waals surface area (Å²) in [6, 6.07) is 12.2. The largest absolute Gasteiger partial charge is 0.384 e. The van der Waals surface area contributed by atoms with Crippen molar-refractivity contribution in [2.75, 3.05) is 0 Å². The van der Waals surface area contributed by atoms with E-state index in [1.54, 1.807) is 23.8 Å². The van der Waals surface area contributed by atoms with Crippen molar-refractivity contribution in [3.63, 3.8) is 0 Å². The molecular weight excluding hydrogens is 508 g/mol. The number of allylic oxidation sites excluding steroid dienone is 9. The minimum Gasteiger partial charge on any atom is -0.384 e. The molecule has 3 aliphatic carbocycles. The Bertz CT molecular complexity index is 1340. The smallest absolute Gasteiger partial charge is 0.128 e. The zero-order valence-electron chi connectivity index (χ0n) is 25.6. The quantitative estimate of drug-likeness (QED) is 0.335. The molecule has 0 bridgehead atoms. The van der Waals surface area contributed by atoms with Crippen molar-refractivity contribution in [3.05, 3.63) is 143 Å². The van der Waals surface area contributed by atoms with Gasteiger partial charge >= 0.3 is 0 Å². The first-order valence-electron chi connectivity index (χ1n) is 14.8. The number of halogens is 2. The second-order valence-electron chi connectivity index (χ2n) is 11.8. The van der Waals surface area contributed by atoms with Crippen LogP contribution in [0.15, 0.2) is 114 Å². The maximum absolute atomic E-state index is 13.6. The summed E-state index contributed by atoms with van der Waals surface area (Å²) in [5, 5.41) is 3.27. The number of nitrogens with one attached hydrogen (secondary N) is 1. The van der Waals surface area contributed by atoms with Crippen molar-refractivity contribution < 1.29 is 8.78 Å². The van der Waals surface area contributed by atoms with Crippen LogP contribution in [0.2, 0.25) is 0 Å². The molecule has 0 saturated heterocycles. The van der Waals surface area contributed by atoms with Crippen LogP contribution in [0, 0.1) is 22.5 Å². The van der Waals surface area contributed by atoms with E-state index in [2.05, 4.69) is 77.4 Å². The Hall–Kier alpha value is -3.46. The van der Waals surface area contributed by atoms with Crippen LogP contribution in [0.25, 0.3) is 0 Å². The highest BCUT2D eigenvalue weighted by atomic mass is 19.1. The van der Waals surface area contributed by atoms with Crippen molar-refractivity contribution in [3.8, 4) is 0 Å². The van der Waals surface area contributed by atoms with E-state index in [-0.39, 0.29) is 17.0 Å². The van der Waals surface area contributed by atoms with Crippen molar-refractivity contribution in [1.82, 2.24) is 5.32 Å². The molecule has 1 N–H and O–H groups in total. The molecule has 0 aromatic heterocycles. The first-order valence-corrected chi connectivity index (χ1v) is 14.8. The van der Waals surface area contributed by atoms with Gasteiger partial charge in [-0.1, -0.05) is 87.9 Å². The Morgan fingerprint density at radius 3 is 2.39 bits per heavy atom. The van der Waals surface area contributed by atoms with Crippen LogP contribution in [0.3, 0.4) is 0 Å². The molecule has 3 heteroatoms. The third-order valence-electron chi connectivity index (χ3n) is 9.06. The molecule has 0 spiro atoms. The lowest BCUT2D eigenvalue weighted by atomic mass is 9.62. The van der Waals surface area contributed by atoms with Gasteiger partial charge in [-0.2, -0.15) is 0 Å². The molecule has 218 valence electrons. The molecule has 3 aliphatic rings. The van der Waals surface area contributed by atoms with Gasteiger partial charge in [0.2, 0.25) is 0 Å². The van der Waals surface area contributed by atoms with Crippen molar-refractivity contribution in [2.45, 2.75) is 79.7 Å². The molecular formula is C38H47F2N. The van der Waals surface area contributed by atoms with Crippen LogP contribution in [-0.2, 0) is 19.4 Å². The Labute approximate surface area is 247 Å². The molecule has 1 fully saturated rings. The van der Waals surface area contributed by atoms with Gasteiger partial charge in [-0.15, -0.1) is 13.2 Å². The highest BCUT2D eigenvalue weighted by Crippen LogP contribution is 2.60. The lowest BCUT2D eigenvalue weighted by molar-refractivity contribution is 0.164. The summed E-state index contributed by atoms with van der Waals surface area (Å²) < 4.78 is 26.8. The molecule has 1 nitrogen and oxygen atoms in total. The summed E-state index contributed by atoms with van der Waals surface area (Å²) in [5.41, 5.74) is 9.29. The number of hydrogen-bond donors (Lipinski definition) is 1. The molecule has 0 heterocycles. The van der Waals surface area contributed by atoms with Gasteiger partial charge in [-0.25, -0.2) is 8.78 Å². The summed E-state index contributed by atoms with van der Waals surface area (Å²) in [6.07, 6.45) is 19.3. The van der Waals surface area contributed by atoms with Gasteiger partial charge in [0.25, 0.3) is 0 Å². The molecule has 2 aromatic rings. The van der Waals surface area contributed by atoms with Gasteiger partial charge in [0, 0.05) is 24.2 Å². The predicted molar refractivity (Wildman–Crippen MR) is 171 cm³/mol. The van der Waals surface area contributed by atoms with E-state index in [0.29, 0.717) is 12.0 Å². The van der Waals surface area contributed by atoms with Gasteiger partial charge in [-0.05, 0) is 96.4 Å². The van der Waals surface area contributed by atoms with Crippen LogP contribution >= 0.6 is 0 Å². The molecule has 0 aliphatic heterocycles.